The highest BCUT2D eigenvalue weighted by Gasteiger charge is 2.24. The van der Waals surface area contributed by atoms with Gasteiger partial charge in [-0.05, 0) is 36.2 Å². The number of amides is 1. The van der Waals surface area contributed by atoms with E-state index in [1.54, 1.807) is 18.2 Å². The fourth-order valence-electron chi connectivity index (χ4n) is 3.31. The molecule has 0 saturated carbocycles. The Kier molecular flexibility index (Phi) is 9.96. The Hall–Kier alpha value is -2.43. The van der Waals surface area contributed by atoms with E-state index in [1.165, 1.54) is 0 Å². The van der Waals surface area contributed by atoms with Crippen molar-refractivity contribution >= 4 is 41.5 Å². The molecular formula is C22H27F2IN4O2. The maximum Gasteiger partial charge on any atom is 0.272 e. The van der Waals surface area contributed by atoms with Crippen LogP contribution >= 0.6 is 24.0 Å². The highest BCUT2D eigenvalue weighted by Crippen LogP contribution is 2.31. The number of fused-ring (bicyclic) bond motifs is 1. The average molecular weight is 544 g/mol. The van der Waals surface area contributed by atoms with E-state index in [-0.39, 0.29) is 35.8 Å². The maximum atomic E-state index is 12.3. The van der Waals surface area contributed by atoms with E-state index in [0.717, 1.165) is 16.8 Å². The Bertz CT molecular complexity index is 895. The van der Waals surface area contributed by atoms with Gasteiger partial charge < -0.3 is 20.7 Å². The predicted octanol–water partition coefficient (Wildman–Crippen LogP) is 4.13. The van der Waals surface area contributed by atoms with Crippen LogP contribution in [-0.2, 0) is 11.3 Å². The van der Waals surface area contributed by atoms with Crippen LogP contribution in [0.15, 0.2) is 53.5 Å². The van der Waals surface area contributed by atoms with Crippen LogP contribution in [0.1, 0.15) is 30.4 Å². The summed E-state index contributed by atoms with van der Waals surface area (Å²) >= 11 is 0. The average Bonchev–Trinajstić information content (AvgIpc) is 2.74. The molecular weight excluding hydrogens is 517 g/mol. The zero-order valence-electron chi connectivity index (χ0n) is 17.2. The number of anilines is 1. The van der Waals surface area contributed by atoms with Crippen LogP contribution in [0.2, 0.25) is 0 Å². The third kappa shape index (κ3) is 7.64. The van der Waals surface area contributed by atoms with Crippen molar-refractivity contribution in [3.8, 4) is 5.75 Å². The lowest BCUT2D eigenvalue weighted by Gasteiger charge is -2.26. The summed E-state index contributed by atoms with van der Waals surface area (Å²) in [5.74, 6) is 1.07. The van der Waals surface area contributed by atoms with E-state index in [1.807, 2.05) is 37.3 Å². The number of alkyl halides is 2. The Morgan fingerprint density at radius 1 is 1.23 bits per heavy atom. The molecule has 0 radical (unpaired) electrons. The van der Waals surface area contributed by atoms with Gasteiger partial charge in [0.2, 0.25) is 5.91 Å². The first-order chi connectivity index (χ1) is 14.5. The minimum atomic E-state index is -2.51. The van der Waals surface area contributed by atoms with Gasteiger partial charge in [0, 0.05) is 31.1 Å². The summed E-state index contributed by atoms with van der Waals surface area (Å²) in [5, 5.41) is 9.40. The van der Waals surface area contributed by atoms with Gasteiger partial charge >= 0.3 is 0 Å². The topological polar surface area (TPSA) is 74.8 Å². The molecule has 0 aliphatic carbocycles. The van der Waals surface area contributed by atoms with Crippen LogP contribution in [0, 0.1) is 0 Å². The van der Waals surface area contributed by atoms with Crippen LogP contribution in [0.3, 0.4) is 0 Å². The molecule has 1 heterocycles. The van der Waals surface area contributed by atoms with Gasteiger partial charge in [0.15, 0.2) is 5.96 Å². The minimum absolute atomic E-state index is 0. The number of hydrogen-bond donors (Lipinski definition) is 3. The molecule has 1 unspecified atom stereocenters. The lowest BCUT2D eigenvalue weighted by molar-refractivity contribution is -0.116. The zero-order chi connectivity index (χ0) is 21.3. The molecule has 1 aliphatic heterocycles. The summed E-state index contributed by atoms with van der Waals surface area (Å²) in [7, 11) is 0. The first-order valence-electron chi connectivity index (χ1n) is 9.96. The third-order valence-electron chi connectivity index (χ3n) is 4.66. The van der Waals surface area contributed by atoms with Crippen LogP contribution in [0.25, 0.3) is 0 Å². The van der Waals surface area contributed by atoms with Crippen molar-refractivity contribution in [3.05, 3.63) is 59.7 Å². The van der Waals surface area contributed by atoms with Gasteiger partial charge in [-0.15, -0.1) is 24.0 Å². The quantitative estimate of drug-likeness (QED) is 0.266. The molecule has 0 spiro atoms. The molecule has 0 bridgehead atoms. The summed E-state index contributed by atoms with van der Waals surface area (Å²) in [6.45, 7) is 2.95. The molecule has 3 N–H and O–H groups in total. The second-order valence-electron chi connectivity index (χ2n) is 6.96. The molecule has 0 fully saturated rings. The van der Waals surface area contributed by atoms with Gasteiger partial charge in [0.05, 0.1) is 6.54 Å². The Morgan fingerprint density at radius 2 is 2.03 bits per heavy atom. The molecule has 1 amide bonds. The van der Waals surface area contributed by atoms with Crippen LogP contribution < -0.4 is 20.7 Å². The van der Waals surface area contributed by atoms with Crippen molar-refractivity contribution in [2.24, 2.45) is 4.99 Å². The van der Waals surface area contributed by atoms with Gasteiger partial charge in [-0.2, -0.15) is 0 Å². The van der Waals surface area contributed by atoms with Gasteiger partial charge in [0.25, 0.3) is 6.43 Å². The second-order valence-corrected chi connectivity index (χ2v) is 6.96. The van der Waals surface area contributed by atoms with Crippen molar-refractivity contribution in [1.29, 1.82) is 0 Å². The number of rotatable bonds is 8. The lowest BCUT2D eigenvalue weighted by Crippen LogP contribution is -2.40. The molecule has 168 valence electrons. The van der Waals surface area contributed by atoms with Crippen molar-refractivity contribution in [3.63, 3.8) is 0 Å². The maximum absolute atomic E-state index is 12.3. The van der Waals surface area contributed by atoms with Crippen LogP contribution in [0.5, 0.6) is 5.75 Å². The van der Waals surface area contributed by atoms with Crippen molar-refractivity contribution in [1.82, 2.24) is 10.6 Å². The predicted molar refractivity (Wildman–Crippen MR) is 129 cm³/mol. The smallest absolute Gasteiger partial charge is 0.272 e. The standard InChI is InChI=1S/C22H26F2N4O2.HI/c1-2-25-22(26-12-15-6-5-7-17(10-15)30-14-20(23)24)27-13-16-11-21(29)28-19-9-4-3-8-18(16)19;/h3-10,16,20H,2,11-14H2,1H3,(H,28,29)(H2,25,26,27);1H. The van der Waals surface area contributed by atoms with Gasteiger partial charge in [-0.3, -0.25) is 4.79 Å². The number of carbonyl (C=O) groups excluding carboxylic acids is 1. The Labute approximate surface area is 197 Å². The number of carbonyl (C=O) groups is 1. The summed E-state index contributed by atoms with van der Waals surface area (Å²) < 4.78 is 29.7. The third-order valence-corrected chi connectivity index (χ3v) is 4.66. The number of benzene rings is 2. The summed E-state index contributed by atoms with van der Waals surface area (Å²) in [5.41, 5.74) is 2.80. The monoisotopic (exact) mass is 544 g/mol. The van der Waals surface area contributed by atoms with Crippen molar-refractivity contribution < 1.29 is 18.3 Å². The highest BCUT2D eigenvalue weighted by molar-refractivity contribution is 14.0. The summed E-state index contributed by atoms with van der Waals surface area (Å²) in [6, 6.07) is 14.8. The van der Waals surface area contributed by atoms with E-state index in [2.05, 4.69) is 20.9 Å². The van der Waals surface area contributed by atoms with Crippen molar-refractivity contribution in [2.45, 2.75) is 32.2 Å². The first-order valence-corrected chi connectivity index (χ1v) is 9.96. The van der Waals surface area contributed by atoms with Crippen molar-refractivity contribution in [2.75, 3.05) is 25.0 Å². The van der Waals surface area contributed by atoms with E-state index >= 15 is 0 Å². The fraction of sp³-hybridized carbons (Fsp3) is 0.364. The SMILES string of the molecule is CCNC(=NCc1cccc(OCC(F)F)c1)NCC1CC(=O)Nc2ccccc21.I. The Balaban J connectivity index is 0.00000341. The largest absolute Gasteiger partial charge is 0.488 e. The fourth-order valence-corrected chi connectivity index (χ4v) is 3.31. The number of para-hydroxylation sites is 1. The van der Waals surface area contributed by atoms with Gasteiger partial charge in [-0.1, -0.05) is 30.3 Å². The Morgan fingerprint density at radius 3 is 2.81 bits per heavy atom. The van der Waals surface area contributed by atoms with E-state index in [0.29, 0.717) is 37.8 Å². The number of ether oxygens (including phenoxy) is 1. The molecule has 1 atom stereocenters. The number of hydrogen-bond acceptors (Lipinski definition) is 3. The molecule has 1 aliphatic rings. The van der Waals surface area contributed by atoms with E-state index < -0.39 is 13.0 Å². The molecule has 3 rings (SSSR count). The molecule has 31 heavy (non-hydrogen) atoms. The lowest BCUT2D eigenvalue weighted by atomic mass is 9.90. The molecule has 2 aromatic rings. The number of nitrogens with zero attached hydrogens (tertiary/aromatic N) is 1. The van der Waals surface area contributed by atoms with Crippen LogP contribution in [-0.4, -0.2) is 38.0 Å². The second kappa shape index (κ2) is 12.4. The molecule has 2 aromatic carbocycles. The minimum Gasteiger partial charge on any atom is -0.488 e. The molecule has 9 heteroatoms. The normalized spacial score (nSPS) is 15.5. The number of guanidine groups is 1. The molecule has 0 saturated heterocycles. The highest BCUT2D eigenvalue weighted by atomic mass is 127. The number of halogens is 3. The molecule has 6 nitrogen and oxygen atoms in total. The summed E-state index contributed by atoms with van der Waals surface area (Å²) in [6.07, 6.45) is -2.10. The number of aliphatic imine (C=N–C) groups is 1. The van der Waals surface area contributed by atoms with Crippen LogP contribution in [0.4, 0.5) is 14.5 Å². The van der Waals surface area contributed by atoms with Gasteiger partial charge in [0.1, 0.15) is 12.4 Å². The number of nitrogens with one attached hydrogen (secondary N) is 3. The summed E-state index contributed by atoms with van der Waals surface area (Å²) in [4.78, 5) is 16.6. The zero-order valence-corrected chi connectivity index (χ0v) is 19.6. The van der Waals surface area contributed by atoms with E-state index in [9.17, 15) is 13.6 Å². The van der Waals surface area contributed by atoms with Gasteiger partial charge in [-0.25, -0.2) is 13.8 Å². The first kappa shape index (κ1) is 24.8. The van der Waals surface area contributed by atoms with E-state index in [4.69, 9.17) is 4.74 Å². The molecule has 0 aromatic heterocycles.